The fourth-order valence-corrected chi connectivity index (χ4v) is 2.12. The molecule has 0 saturated heterocycles. The molecule has 6 nitrogen and oxygen atoms in total. The standard InChI is InChI=1S/C15H13N3O3/c19-10-12-14(18(21)11-6-2-1-3-7-11)16-13-8-4-5-9-17(13)15(12)20/h1-9,19,21H,10H2. The number of aromatic nitrogens is 2. The highest BCUT2D eigenvalue weighted by Gasteiger charge is 2.17. The highest BCUT2D eigenvalue weighted by molar-refractivity contribution is 5.61. The Morgan fingerprint density at radius 2 is 1.81 bits per heavy atom. The minimum Gasteiger partial charge on any atom is -0.391 e. The Bertz CT molecular complexity index is 830. The van der Waals surface area contributed by atoms with E-state index in [2.05, 4.69) is 4.98 Å². The number of nitrogens with zero attached hydrogens (tertiary/aromatic N) is 3. The van der Waals surface area contributed by atoms with Crippen LogP contribution in [0.5, 0.6) is 0 Å². The van der Waals surface area contributed by atoms with Gasteiger partial charge in [0.25, 0.3) is 5.56 Å². The summed E-state index contributed by atoms with van der Waals surface area (Å²) < 4.78 is 1.33. The number of aliphatic hydroxyl groups excluding tert-OH is 1. The van der Waals surface area contributed by atoms with E-state index in [4.69, 9.17) is 0 Å². The van der Waals surface area contributed by atoms with Gasteiger partial charge in [-0.3, -0.25) is 14.4 Å². The highest BCUT2D eigenvalue weighted by atomic mass is 16.5. The number of hydrogen-bond acceptors (Lipinski definition) is 5. The van der Waals surface area contributed by atoms with Crippen molar-refractivity contribution in [1.29, 1.82) is 0 Å². The van der Waals surface area contributed by atoms with E-state index in [0.29, 0.717) is 11.3 Å². The summed E-state index contributed by atoms with van der Waals surface area (Å²) in [5.74, 6) is 0.0277. The lowest BCUT2D eigenvalue weighted by Gasteiger charge is -2.18. The molecule has 0 aliphatic rings. The van der Waals surface area contributed by atoms with Gasteiger partial charge in [-0.2, -0.15) is 0 Å². The van der Waals surface area contributed by atoms with E-state index < -0.39 is 12.2 Å². The molecule has 0 spiro atoms. The molecule has 3 rings (SSSR count). The van der Waals surface area contributed by atoms with Gasteiger partial charge in [0.15, 0.2) is 5.82 Å². The highest BCUT2D eigenvalue weighted by Crippen LogP contribution is 2.23. The first kappa shape index (κ1) is 13.3. The molecule has 1 aromatic carbocycles. The van der Waals surface area contributed by atoms with Gasteiger partial charge in [-0.15, -0.1) is 0 Å². The number of anilines is 2. The average Bonchev–Trinajstić information content (AvgIpc) is 2.55. The fraction of sp³-hybridized carbons (Fsp3) is 0.0667. The monoisotopic (exact) mass is 283 g/mol. The van der Waals surface area contributed by atoms with Crippen LogP contribution in [0.4, 0.5) is 11.5 Å². The number of fused-ring (bicyclic) bond motifs is 1. The lowest BCUT2D eigenvalue weighted by molar-refractivity contribution is 0.268. The van der Waals surface area contributed by atoms with Crippen molar-refractivity contribution in [2.45, 2.75) is 6.61 Å². The number of benzene rings is 1. The van der Waals surface area contributed by atoms with Crippen molar-refractivity contribution >= 4 is 17.2 Å². The smallest absolute Gasteiger partial charge is 0.265 e. The summed E-state index contributed by atoms with van der Waals surface area (Å²) in [7, 11) is 0. The Morgan fingerprint density at radius 1 is 1.10 bits per heavy atom. The average molecular weight is 283 g/mol. The van der Waals surface area contributed by atoms with Crippen LogP contribution in [0.1, 0.15) is 5.56 Å². The second-order valence-electron chi connectivity index (χ2n) is 4.45. The zero-order chi connectivity index (χ0) is 14.8. The van der Waals surface area contributed by atoms with Crippen molar-refractivity contribution in [2.24, 2.45) is 0 Å². The number of para-hydroxylation sites is 1. The van der Waals surface area contributed by atoms with Gasteiger partial charge in [0.1, 0.15) is 5.65 Å². The molecule has 0 aliphatic carbocycles. The Labute approximate surface area is 120 Å². The second kappa shape index (κ2) is 5.35. The van der Waals surface area contributed by atoms with E-state index in [-0.39, 0.29) is 11.4 Å². The zero-order valence-electron chi connectivity index (χ0n) is 11.0. The van der Waals surface area contributed by atoms with Gasteiger partial charge in [0.2, 0.25) is 0 Å². The largest absolute Gasteiger partial charge is 0.391 e. The zero-order valence-corrected chi connectivity index (χ0v) is 11.0. The number of pyridine rings is 1. The van der Waals surface area contributed by atoms with E-state index in [1.54, 1.807) is 48.7 Å². The van der Waals surface area contributed by atoms with Crippen LogP contribution in [0.2, 0.25) is 0 Å². The molecule has 0 amide bonds. The normalized spacial score (nSPS) is 10.8. The molecule has 0 radical (unpaired) electrons. The Morgan fingerprint density at radius 3 is 2.52 bits per heavy atom. The van der Waals surface area contributed by atoms with Gasteiger partial charge >= 0.3 is 0 Å². The van der Waals surface area contributed by atoms with E-state index >= 15 is 0 Å². The lowest BCUT2D eigenvalue weighted by Crippen LogP contribution is -2.25. The first-order chi connectivity index (χ1) is 10.2. The molecule has 0 saturated carbocycles. The predicted octanol–water partition coefficient (Wildman–Crippen LogP) is 1.71. The third-order valence-corrected chi connectivity index (χ3v) is 3.17. The van der Waals surface area contributed by atoms with E-state index in [1.807, 2.05) is 6.07 Å². The van der Waals surface area contributed by atoms with Crippen LogP contribution < -0.4 is 10.6 Å². The van der Waals surface area contributed by atoms with Crippen molar-refractivity contribution in [2.75, 3.05) is 5.06 Å². The molecule has 0 fully saturated rings. The Kier molecular flexibility index (Phi) is 3.39. The minimum atomic E-state index is -0.511. The molecule has 2 N–H and O–H groups in total. The molecule has 0 atom stereocenters. The van der Waals surface area contributed by atoms with Gasteiger partial charge in [0.05, 0.1) is 17.9 Å². The molecular weight excluding hydrogens is 270 g/mol. The van der Waals surface area contributed by atoms with Crippen molar-refractivity contribution < 1.29 is 10.3 Å². The predicted molar refractivity (Wildman–Crippen MR) is 77.8 cm³/mol. The summed E-state index contributed by atoms with van der Waals surface area (Å²) in [5, 5.41) is 20.6. The summed E-state index contributed by atoms with van der Waals surface area (Å²) in [6.45, 7) is -0.511. The van der Waals surface area contributed by atoms with Gasteiger partial charge in [0, 0.05) is 6.20 Å². The maximum Gasteiger partial charge on any atom is 0.265 e. The molecule has 2 aromatic heterocycles. The van der Waals surface area contributed by atoms with Crippen LogP contribution in [0.3, 0.4) is 0 Å². The number of hydrogen-bond donors (Lipinski definition) is 2. The van der Waals surface area contributed by atoms with Crippen LogP contribution in [0, 0.1) is 0 Å². The Hall–Kier alpha value is -2.70. The summed E-state index contributed by atoms with van der Waals surface area (Å²) in [6.07, 6.45) is 1.57. The van der Waals surface area contributed by atoms with Crippen molar-refractivity contribution in [3.8, 4) is 0 Å². The summed E-state index contributed by atoms with van der Waals surface area (Å²) in [4.78, 5) is 16.6. The van der Waals surface area contributed by atoms with Gasteiger partial charge in [-0.25, -0.2) is 10.0 Å². The van der Waals surface area contributed by atoms with E-state index in [1.165, 1.54) is 4.40 Å². The van der Waals surface area contributed by atoms with Crippen LogP contribution in [-0.2, 0) is 6.61 Å². The van der Waals surface area contributed by atoms with Gasteiger partial charge < -0.3 is 5.11 Å². The van der Waals surface area contributed by atoms with E-state index in [0.717, 1.165) is 5.06 Å². The Balaban J connectivity index is 2.25. The molecule has 21 heavy (non-hydrogen) atoms. The minimum absolute atomic E-state index is 0.0277. The second-order valence-corrected chi connectivity index (χ2v) is 4.45. The maximum absolute atomic E-state index is 12.3. The van der Waals surface area contributed by atoms with Crippen molar-refractivity contribution in [1.82, 2.24) is 9.38 Å². The van der Waals surface area contributed by atoms with Crippen molar-refractivity contribution in [3.63, 3.8) is 0 Å². The molecule has 0 bridgehead atoms. The van der Waals surface area contributed by atoms with Crippen LogP contribution in [-0.4, -0.2) is 19.7 Å². The lowest BCUT2D eigenvalue weighted by atomic mass is 10.2. The van der Waals surface area contributed by atoms with Crippen LogP contribution in [0.15, 0.2) is 59.5 Å². The third-order valence-electron chi connectivity index (χ3n) is 3.17. The molecule has 0 unspecified atom stereocenters. The molecule has 3 aromatic rings. The molecule has 106 valence electrons. The number of aliphatic hydroxyl groups is 1. The topological polar surface area (TPSA) is 78.1 Å². The van der Waals surface area contributed by atoms with Crippen LogP contribution in [0.25, 0.3) is 5.65 Å². The third kappa shape index (κ3) is 2.26. The van der Waals surface area contributed by atoms with Crippen molar-refractivity contribution in [3.05, 3.63) is 70.6 Å². The van der Waals surface area contributed by atoms with E-state index in [9.17, 15) is 15.1 Å². The quantitative estimate of drug-likeness (QED) is 0.715. The molecule has 0 aliphatic heterocycles. The maximum atomic E-state index is 12.3. The first-order valence-corrected chi connectivity index (χ1v) is 6.37. The molecule has 2 heterocycles. The molecular formula is C15H13N3O3. The molecule has 6 heteroatoms. The summed E-state index contributed by atoms with van der Waals surface area (Å²) in [6, 6.07) is 13.8. The number of rotatable bonds is 3. The fourth-order valence-electron chi connectivity index (χ4n) is 2.12. The van der Waals surface area contributed by atoms with Gasteiger partial charge in [-0.1, -0.05) is 24.3 Å². The SMILES string of the molecule is O=c1c(CO)c(N(O)c2ccccc2)nc2ccccn12. The van der Waals surface area contributed by atoms with Crippen LogP contribution >= 0.6 is 0 Å². The summed E-state index contributed by atoms with van der Waals surface area (Å²) in [5.41, 5.74) is 0.474. The van der Waals surface area contributed by atoms with Gasteiger partial charge in [-0.05, 0) is 24.3 Å². The first-order valence-electron chi connectivity index (χ1n) is 6.37. The summed E-state index contributed by atoms with van der Waals surface area (Å²) >= 11 is 0.